The molecule has 0 atom stereocenters. The number of carboxylic acids is 1. The van der Waals surface area contributed by atoms with Crippen LogP contribution >= 0.6 is 0 Å². The molecule has 0 aliphatic rings. The van der Waals surface area contributed by atoms with E-state index in [0.717, 1.165) is 11.1 Å². The minimum Gasteiger partial charge on any atom is -0.494 e. The van der Waals surface area contributed by atoms with Gasteiger partial charge in [-0.25, -0.2) is 4.39 Å². The van der Waals surface area contributed by atoms with Crippen molar-refractivity contribution in [3.63, 3.8) is 0 Å². The monoisotopic (exact) mass is 289 g/mol. The summed E-state index contributed by atoms with van der Waals surface area (Å²) in [6.07, 6.45) is -0.0329. The third kappa shape index (κ3) is 3.95. The summed E-state index contributed by atoms with van der Waals surface area (Å²) in [4.78, 5) is 10.8. The molecule has 2 rings (SSSR count). The smallest absolute Gasteiger partial charge is 0.307 e. The number of methoxy groups -OCH3 is 1. The molecule has 0 amide bonds. The first-order chi connectivity index (χ1) is 10.1. The van der Waals surface area contributed by atoms with Gasteiger partial charge in [0, 0.05) is 18.3 Å². The minimum absolute atomic E-state index is 0.0329. The van der Waals surface area contributed by atoms with Crippen molar-refractivity contribution in [2.24, 2.45) is 0 Å². The number of carbonyl (C=O) groups is 1. The SMILES string of the molecule is COc1ccc(NCc2ccccc2CC(=O)O)cc1F. The second kappa shape index (κ2) is 6.74. The van der Waals surface area contributed by atoms with Gasteiger partial charge in [0.05, 0.1) is 13.5 Å². The Morgan fingerprint density at radius 3 is 2.57 bits per heavy atom. The Balaban J connectivity index is 2.09. The Morgan fingerprint density at radius 2 is 1.95 bits per heavy atom. The second-order valence-corrected chi connectivity index (χ2v) is 4.54. The molecule has 0 radical (unpaired) electrons. The Bertz CT molecular complexity index is 643. The summed E-state index contributed by atoms with van der Waals surface area (Å²) >= 11 is 0. The number of carboxylic acid groups (broad SMARTS) is 1. The van der Waals surface area contributed by atoms with E-state index in [1.54, 1.807) is 24.3 Å². The minimum atomic E-state index is -0.877. The summed E-state index contributed by atoms with van der Waals surface area (Å²) in [5.74, 6) is -1.13. The molecule has 0 aliphatic carbocycles. The lowest BCUT2D eigenvalue weighted by atomic mass is 10.0. The zero-order chi connectivity index (χ0) is 15.2. The van der Waals surface area contributed by atoms with E-state index in [1.165, 1.54) is 13.2 Å². The number of halogens is 1. The van der Waals surface area contributed by atoms with Gasteiger partial charge in [-0.1, -0.05) is 24.3 Å². The van der Waals surface area contributed by atoms with E-state index in [1.807, 2.05) is 12.1 Å². The number of nitrogens with one attached hydrogen (secondary N) is 1. The molecule has 0 unspecified atom stereocenters. The molecule has 0 aromatic heterocycles. The molecule has 0 heterocycles. The standard InChI is InChI=1S/C16H16FNO3/c1-21-15-7-6-13(9-14(15)17)18-10-12-5-3-2-4-11(12)8-16(19)20/h2-7,9,18H,8,10H2,1H3,(H,19,20). The zero-order valence-electron chi connectivity index (χ0n) is 11.6. The molecular formula is C16H16FNO3. The van der Waals surface area contributed by atoms with Crippen LogP contribution in [-0.2, 0) is 17.8 Å². The summed E-state index contributed by atoms with van der Waals surface area (Å²) in [6.45, 7) is 0.426. The van der Waals surface area contributed by atoms with Crippen molar-refractivity contribution >= 4 is 11.7 Å². The van der Waals surface area contributed by atoms with Crippen LogP contribution in [0.5, 0.6) is 5.75 Å². The van der Waals surface area contributed by atoms with Gasteiger partial charge < -0.3 is 15.2 Å². The number of rotatable bonds is 6. The molecule has 2 N–H and O–H groups in total. The molecule has 2 aromatic rings. The first kappa shape index (κ1) is 14.8. The van der Waals surface area contributed by atoms with E-state index in [4.69, 9.17) is 9.84 Å². The molecule has 0 saturated heterocycles. The molecule has 0 saturated carbocycles. The van der Waals surface area contributed by atoms with E-state index >= 15 is 0 Å². The number of benzene rings is 2. The highest BCUT2D eigenvalue weighted by Crippen LogP contribution is 2.21. The fourth-order valence-electron chi connectivity index (χ4n) is 2.04. The van der Waals surface area contributed by atoms with Crippen LogP contribution in [0, 0.1) is 5.82 Å². The Kier molecular flexibility index (Phi) is 4.77. The summed E-state index contributed by atoms with van der Waals surface area (Å²) in [5.41, 5.74) is 2.22. The summed E-state index contributed by atoms with van der Waals surface area (Å²) in [7, 11) is 1.41. The van der Waals surface area contributed by atoms with Gasteiger partial charge in [-0.05, 0) is 23.3 Å². The van der Waals surface area contributed by atoms with Crippen molar-refractivity contribution in [2.75, 3.05) is 12.4 Å². The summed E-state index contributed by atoms with van der Waals surface area (Å²) in [6, 6.07) is 11.9. The van der Waals surface area contributed by atoms with Crippen LogP contribution in [0.3, 0.4) is 0 Å². The van der Waals surface area contributed by atoms with Gasteiger partial charge in [-0.2, -0.15) is 0 Å². The van der Waals surface area contributed by atoms with E-state index in [9.17, 15) is 9.18 Å². The molecule has 0 aliphatic heterocycles. The normalized spacial score (nSPS) is 10.2. The van der Waals surface area contributed by atoms with Crippen LogP contribution in [-0.4, -0.2) is 18.2 Å². The topological polar surface area (TPSA) is 58.6 Å². The maximum Gasteiger partial charge on any atom is 0.307 e. The number of hydrogen-bond donors (Lipinski definition) is 2. The predicted molar refractivity (Wildman–Crippen MR) is 78.1 cm³/mol. The van der Waals surface area contributed by atoms with Crippen molar-refractivity contribution in [3.8, 4) is 5.75 Å². The first-order valence-electron chi connectivity index (χ1n) is 6.46. The van der Waals surface area contributed by atoms with E-state index in [-0.39, 0.29) is 12.2 Å². The molecule has 110 valence electrons. The highest BCUT2D eigenvalue weighted by Gasteiger charge is 2.07. The van der Waals surface area contributed by atoms with Crippen molar-refractivity contribution in [3.05, 3.63) is 59.4 Å². The maximum absolute atomic E-state index is 13.6. The Labute approximate surface area is 122 Å². The highest BCUT2D eigenvalue weighted by atomic mass is 19.1. The highest BCUT2D eigenvalue weighted by molar-refractivity contribution is 5.70. The van der Waals surface area contributed by atoms with E-state index < -0.39 is 11.8 Å². The lowest BCUT2D eigenvalue weighted by Crippen LogP contribution is -2.07. The number of ether oxygens (including phenoxy) is 1. The van der Waals surface area contributed by atoms with Crippen LogP contribution in [0.15, 0.2) is 42.5 Å². The third-order valence-electron chi connectivity index (χ3n) is 3.09. The number of hydrogen-bond acceptors (Lipinski definition) is 3. The van der Waals surface area contributed by atoms with Crippen molar-refractivity contribution in [1.29, 1.82) is 0 Å². The van der Waals surface area contributed by atoms with Crippen LogP contribution in [0.1, 0.15) is 11.1 Å². The van der Waals surface area contributed by atoms with Gasteiger partial charge in [-0.15, -0.1) is 0 Å². The number of anilines is 1. The van der Waals surface area contributed by atoms with Gasteiger partial charge in [0.15, 0.2) is 11.6 Å². The Hall–Kier alpha value is -2.56. The molecule has 0 fully saturated rings. The quantitative estimate of drug-likeness (QED) is 0.858. The summed E-state index contributed by atoms with van der Waals surface area (Å²) in [5, 5.41) is 12.0. The van der Waals surface area contributed by atoms with Gasteiger partial charge in [-0.3, -0.25) is 4.79 Å². The third-order valence-corrected chi connectivity index (χ3v) is 3.09. The predicted octanol–water partition coefficient (Wildman–Crippen LogP) is 3.07. The largest absolute Gasteiger partial charge is 0.494 e. The van der Waals surface area contributed by atoms with Crippen molar-refractivity contribution < 1.29 is 19.0 Å². The zero-order valence-corrected chi connectivity index (χ0v) is 11.6. The fraction of sp³-hybridized carbons (Fsp3) is 0.188. The van der Waals surface area contributed by atoms with Crippen molar-refractivity contribution in [1.82, 2.24) is 0 Å². The van der Waals surface area contributed by atoms with Crippen LogP contribution < -0.4 is 10.1 Å². The average Bonchev–Trinajstić information content (AvgIpc) is 2.46. The molecule has 2 aromatic carbocycles. The first-order valence-corrected chi connectivity index (χ1v) is 6.46. The van der Waals surface area contributed by atoms with E-state index in [2.05, 4.69) is 5.32 Å². The van der Waals surface area contributed by atoms with E-state index in [0.29, 0.717) is 12.2 Å². The number of aliphatic carboxylic acids is 1. The Morgan fingerprint density at radius 1 is 1.24 bits per heavy atom. The van der Waals surface area contributed by atoms with Gasteiger partial charge in [0.25, 0.3) is 0 Å². The van der Waals surface area contributed by atoms with Crippen LogP contribution in [0.4, 0.5) is 10.1 Å². The van der Waals surface area contributed by atoms with Crippen LogP contribution in [0.25, 0.3) is 0 Å². The fourth-order valence-corrected chi connectivity index (χ4v) is 2.04. The molecule has 21 heavy (non-hydrogen) atoms. The van der Waals surface area contributed by atoms with Crippen molar-refractivity contribution in [2.45, 2.75) is 13.0 Å². The maximum atomic E-state index is 13.6. The second-order valence-electron chi connectivity index (χ2n) is 4.54. The lowest BCUT2D eigenvalue weighted by molar-refractivity contribution is -0.136. The van der Waals surface area contributed by atoms with Gasteiger partial charge in [0.1, 0.15) is 0 Å². The summed E-state index contributed by atoms with van der Waals surface area (Å²) < 4.78 is 18.4. The molecule has 4 nitrogen and oxygen atoms in total. The molecule has 5 heteroatoms. The lowest BCUT2D eigenvalue weighted by Gasteiger charge is -2.11. The molecule has 0 spiro atoms. The molecule has 0 bridgehead atoms. The average molecular weight is 289 g/mol. The van der Waals surface area contributed by atoms with Gasteiger partial charge >= 0.3 is 5.97 Å². The van der Waals surface area contributed by atoms with Crippen LogP contribution in [0.2, 0.25) is 0 Å². The van der Waals surface area contributed by atoms with Gasteiger partial charge in [0.2, 0.25) is 0 Å². The molecular weight excluding hydrogens is 273 g/mol.